The van der Waals surface area contributed by atoms with Crippen molar-refractivity contribution in [2.24, 2.45) is 0 Å². The Morgan fingerprint density at radius 2 is 0.651 bits per heavy atom. The number of carbonyl (C=O) groups excluding carboxylic acids is 2. The van der Waals surface area contributed by atoms with Crippen LogP contribution in [0.4, 0.5) is 0 Å². The van der Waals surface area contributed by atoms with Gasteiger partial charge in [0.15, 0.2) is 6.10 Å². The lowest BCUT2D eigenvalue weighted by atomic mass is 10.0. The molecule has 0 rings (SSSR count). The monoisotopic (exact) mass is 1150 g/mol. The van der Waals surface area contributed by atoms with E-state index in [1.807, 2.05) is 21.1 Å². The first-order valence-corrected chi connectivity index (χ1v) is 33.3. The maximum atomic E-state index is 12.9. The van der Waals surface area contributed by atoms with Crippen LogP contribution < -0.4 is 0 Å². The summed E-state index contributed by atoms with van der Waals surface area (Å²) >= 11 is 0. The minimum atomic E-state index is -1.52. The van der Waals surface area contributed by atoms with Crippen molar-refractivity contribution < 1.29 is 42.9 Å². The van der Waals surface area contributed by atoms with Gasteiger partial charge in [0.05, 0.1) is 34.4 Å². The van der Waals surface area contributed by atoms with E-state index in [1.54, 1.807) is 0 Å². The van der Waals surface area contributed by atoms with E-state index in [4.69, 9.17) is 18.9 Å². The van der Waals surface area contributed by atoms with Crippen molar-refractivity contribution in [2.75, 3.05) is 47.5 Å². The van der Waals surface area contributed by atoms with Gasteiger partial charge in [0, 0.05) is 12.8 Å². The van der Waals surface area contributed by atoms with Crippen molar-refractivity contribution >= 4 is 17.9 Å². The Morgan fingerprint density at radius 3 is 0.964 bits per heavy atom. The second kappa shape index (κ2) is 63.5. The molecular formula is C74H124NO8+. The van der Waals surface area contributed by atoms with Gasteiger partial charge in [-0.05, 0) is 109 Å². The van der Waals surface area contributed by atoms with Crippen LogP contribution in [-0.4, -0.2) is 87.4 Å². The first kappa shape index (κ1) is 78.4. The van der Waals surface area contributed by atoms with E-state index in [1.165, 1.54) is 103 Å². The average Bonchev–Trinajstić information content (AvgIpc) is 3.46. The molecular weight excluding hydrogens is 1030 g/mol. The molecule has 0 spiro atoms. The second-order valence-electron chi connectivity index (χ2n) is 23.0. The Labute approximate surface area is 509 Å². The van der Waals surface area contributed by atoms with Gasteiger partial charge in [-0.25, -0.2) is 4.79 Å². The van der Waals surface area contributed by atoms with Crippen LogP contribution in [0, 0.1) is 0 Å². The maximum absolute atomic E-state index is 12.9. The second-order valence-corrected chi connectivity index (χ2v) is 23.0. The number of ether oxygens (including phenoxy) is 4. The van der Waals surface area contributed by atoms with Gasteiger partial charge in [0.25, 0.3) is 6.29 Å². The number of carboxylic acid groups (broad SMARTS) is 1. The predicted octanol–water partition coefficient (Wildman–Crippen LogP) is 20.6. The fourth-order valence-corrected chi connectivity index (χ4v) is 8.87. The van der Waals surface area contributed by atoms with E-state index in [0.717, 1.165) is 122 Å². The third-order valence-electron chi connectivity index (χ3n) is 13.9. The van der Waals surface area contributed by atoms with Gasteiger partial charge in [-0.2, -0.15) is 0 Å². The molecule has 0 amide bonds. The summed E-state index contributed by atoms with van der Waals surface area (Å²) in [5, 5.41) is 9.73. The SMILES string of the molecule is CC/C=C\C/C=C\C/C=C\C/C=C\C/C=C\C/C=C\C/C=C\CCCCCCCCCCCCCCCCCCCC(=O)OC(COC(=O)CCCCCCCC/C=C\C/C=C\C/C=C\C/C=C\CC)COC(OCC[N+](C)(C)C)C(=O)O. The first-order chi connectivity index (χ1) is 40.6. The van der Waals surface area contributed by atoms with Crippen LogP contribution in [0.25, 0.3) is 0 Å². The van der Waals surface area contributed by atoms with Gasteiger partial charge >= 0.3 is 17.9 Å². The Hall–Kier alpha value is -4.57. The predicted molar refractivity (Wildman–Crippen MR) is 354 cm³/mol. The molecule has 9 nitrogen and oxygen atoms in total. The Morgan fingerprint density at radius 1 is 0.361 bits per heavy atom. The topological polar surface area (TPSA) is 108 Å². The van der Waals surface area contributed by atoms with Gasteiger partial charge in [0.1, 0.15) is 13.2 Å². The quantitative estimate of drug-likeness (QED) is 0.0211. The smallest absolute Gasteiger partial charge is 0.361 e. The van der Waals surface area contributed by atoms with Gasteiger partial charge < -0.3 is 28.5 Å². The normalized spacial score (nSPS) is 13.6. The zero-order valence-electron chi connectivity index (χ0n) is 53.8. The Bertz CT molecular complexity index is 1820. The van der Waals surface area contributed by atoms with Gasteiger partial charge in [-0.15, -0.1) is 0 Å². The van der Waals surface area contributed by atoms with E-state index >= 15 is 0 Å². The summed E-state index contributed by atoms with van der Waals surface area (Å²) < 4.78 is 22.9. The van der Waals surface area contributed by atoms with Crippen LogP contribution in [0.3, 0.4) is 0 Å². The Kier molecular flexibility index (Phi) is 60.0. The molecule has 9 heteroatoms. The van der Waals surface area contributed by atoms with Crippen molar-refractivity contribution in [3.05, 3.63) is 134 Å². The van der Waals surface area contributed by atoms with Gasteiger partial charge in [-0.1, -0.05) is 270 Å². The molecule has 0 aliphatic rings. The third kappa shape index (κ3) is 64.8. The number of carbonyl (C=O) groups is 3. The molecule has 83 heavy (non-hydrogen) atoms. The highest BCUT2D eigenvalue weighted by molar-refractivity contribution is 5.71. The van der Waals surface area contributed by atoms with Crippen LogP contribution in [0.2, 0.25) is 0 Å². The van der Waals surface area contributed by atoms with E-state index < -0.39 is 24.3 Å². The molecule has 0 saturated heterocycles. The van der Waals surface area contributed by atoms with Crippen LogP contribution >= 0.6 is 0 Å². The van der Waals surface area contributed by atoms with E-state index in [-0.39, 0.29) is 38.6 Å². The zero-order valence-corrected chi connectivity index (χ0v) is 53.8. The lowest BCUT2D eigenvalue weighted by Gasteiger charge is -2.25. The van der Waals surface area contributed by atoms with Gasteiger partial charge in [-0.3, -0.25) is 9.59 Å². The first-order valence-electron chi connectivity index (χ1n) is 33.3. The summed E-state index contributed by atoms with van der Waals surface area (Å²) in [7, 11) is 5.96. The van der Waals surface area contributed by atoms with Crippen molar-refractivity contribution in [2.45, 2.75) is 270 Å². The largest absolute Gasteiger partial charge is 0.477 e. The van der Waals surface area contributed by atoms with Crippen molar-refractivity contribution in [3.63, 3.8) is 0 Å². The maximum Gasteiger partial charge on any atom is 0.361 e. The highest BCUT2D eigenvalue weighted by Crippen LogP contribution is 2.16. The number of allylic oxidation sites excluding steroid dienone is 22. The van der Waals surface area contributed by atoms with Crippen molar-refractivity contribution in [1.29, 1.82) is 0 Å². The average molecular weight is 1160 g/mol. The van der Waals surface area contributed by atoms with E-state index in [2.05, 4.69) is 148 Å². The number of aliphatic carboxylic acids is 1. The summed E-state index contributed by atoms with van der Waals surface area (Å²) in [4.78, 5) is 37.5. The van der Waals surface area contributed by atoms with E-state index in [0.29, 0.717) is 17.4 Å². The molecule has 0 aliphatic carbocycles. The summed E-state index contributed by atoms with van der Waals surface area (Å²) in [6.45, 7) is 4.63. The van der Waals surface area contributed by atoms with Crippen LogP contribution in [0.1, 0.15) is 258 Å². The molecule has 0 aromatic rings. The van der Waals surface area contributed by atoms with Crippen molar-refractivity contribution in [3.8, 4) is 0 Å². The number of rotatable bonds is 60. The molecule has 0 aromatic heterocycles. The molecule has 2 unspecified atom stereocenters. The van der Waals surface area contributed by atoms with Crippen LogP contribution in [-0.2, 0) is 33.3 Å². The molecule has 0 saturated carbocycles. The molecule has 0 radical (unpaired) electrons. The number of hydrogen-bond donors (Lipinski definition) is 1. The van der Waals surface area contributed by atoms with Crippen LogP contribution in [0.5, 0.6) is 0 Å². The lowest BCUT2D eigenvalue weighted by Crippen LogP contribution is -2.40. The van der Waals surface area contributed by atoms with E-state index in [9.17, 15) is 19.5 Å². The third-order valence-corrected chi connectivity index (χ3v) is 13.9. The molecule has 0 bridgehead atoms. The highest BCUT2D eigenvalue weighted by atomic mass is 16.7. The summed E-state index contributed by atoms with van der Waals surface area (Å²) in [6.07, 6.45) is 88.4. The molecule has 0 fully saturated rings. The zero-order chi connectivity index (χ0) is 60.5. The lowest BCUT2D eigenvalue weighted by molar-refractivity contribution is -0.870. The number of hydrogen-bond acceptors (Lipinski definition) is 7. The summed E-state index contributed by atoms with van der Waals surface area (Å²) in [6, 6.07) is 0. The molecule has 0 heterocycles. The minimum absolute atomic E-state index is 0.180. The number of quaternary nitrogens is 1. The fraction of sp³-hybridized carbons (Fsp3) is 0.662. The standard InChI is InChI=1S/C74H123NO8/c1-6-8-10-12-14-16-18-20-22-24-26-27-28-29-30-31-32-33-34-35-36-37-38-39-40-41-42-43-44-45-47-49-51-53-55-57-59-61-63-65-72(77)83-70(69-82-74(73(78)79)80-67-66-75(3,4)5)68-81-71(76)64-62-60-58-56-54-52-50-48-46-25-23-21-19-17-15-13-11-9-7-2/h8-11,14-17,20-23,26-27,29-30,32-33,35-36,46,48,70,74H,6-7,12-13,18-19,24-25,28,31,34,37-45,47,49-69H2,1-5H3/p+1/b10-8-,11-9-,16-14-,17-15-,22-20-,23-21-,27-26-,30-29-,33-32-,36-35-,48-46-. The summed E-state index contributed by atoms with van der Waals surface area (Å²) in [5.41, 5.74) is 0. The summed E-state index contributed by atoms with van der Waals surface area (Å²) in [5.74, 6) is -2.03. The molecule has 0 aliphatic heterocycles. The molecule has 2 atom stereocenters. The number of unbranched alkanes of at least 4 members (excludes halogenated alkanes) is 23. The number of carboxylic acids is 1. The fourth-order valence-electron chi connectivity index (χ4n) is 8.87. The number of esters is 2. The molecule has 472 valence electrons. The highest BCUT2D eigenvalue weighted by Gasteiger charge is 2.25. The van der Waals surface area contributed by atoms with Crippen molar-refractivity contribution in [1.82, 2.24) is 0 Å². The van der Waals surface area contributed by atoms with Gasteiger partial charge in [0.2, 0.25) is 0 Å². The number of nitrogens with zero attached hydrogens (tertiary/aromatic N) is 1. The molecule has 1 N–H and O–H groups in total. The molecule has 0 aromatic carbocycles. The minimum Gasteiger partial charge on any atom is -0.477 e. The Balaban J connectivity index is 4.10. The number of likely N-dealkylation sites (N-methyl/N-ethyl adjacent to an activating group) is 1. The van der Waals surface area contributed by atoms with Crippen LogP contribution in [0.15, 0.2) is 134 Å².